The summed E-state index contributed by atoms with van der Waals surface area (Å²) in [4.78, 5) is 18.2. The predicted octanol–water partition coefficient (Wildman–Crippen LogP) is 1.70. The Balaban J connectivity index is 1.88. The molecule has 2 aromatic rings. The van der Waals surface area contributed by atoms with Crippen molar-refractivity contribution < 1.29 is 9.53 Å². The molecule has 0 spiro atoms. The zero-order valence-electron chi connectivity index (χ0n) is 11.0. The first kappa shape index (κ1) is 12.5. The molecule has 5 nitrogen and oxygen atoms in total. The van der Waals surface area contributed by atoms with Crippen molar-refractivity contribution in [1.82, 2.24) is 9.88 Å². The summed E-state index contributed by atoms with van der Waals surface area (Å²) in [5.74, 6) is 0.980. The number of hydrogen-bond donors (Lipinski definition) is 1. The topological polar surface area (TPSA) is 68.5 Å². The van der Waals surface area contributed by atoms with Crippen LogP contribution in [0.3, 0.4) is 0 Å². The number of aromatic nitrogens is 1. The van der Waals surface area contributed by atoms with Gasteiger partial charge in [-0.2, -0.15) is 0 Å². The van der Waals surface area contributed by atoms with E-state index in [0.717, 1.165) is 11.3 Å². The van der Waals surface area contributed by atoms with Gasteiger partial charge in [0.05, 0.1) is 12.1 Å². The quantitative estimate of drug-likeness (QED) is 0.855. The SMILES string of the molecule is Nc1ncccc1C(=O)N1CCOc2ccccc2C1. The van der Waals surface area contributed by atoms with Crippen molar-refractivity contribution in [2.75, 3.05) is 18.9 Å². The maximum atomic E-state index is 12.5. The van der Waals surface area contributed by atoms with Crippen molar-refractivity contribution in [2.24, 2.45) is 0 Å². The normalized spacial score (nSPS) is 14.1. The van der Waals surface area contributed by atoms with Gasteiger partial charge in [-0.1, -0.05) is 18.2 Å². The molecule has 1 aromatic carbocycles. The molecule has 0 radical (unpaired) electrons. The Morgan fingerprint density at radius 1 is 1.25 bits per heavy atom. The van der Waals surface area contributed by atoms with Crippen LogP contribution in [0.25, 0.3) is 0 Å². The van der Waals surface area contributed by atoms with E-state index in [1.54, 1.807) is 23.2 Å². The Kier molecular flexibility index (Phi) is 3.25. The van der Waals surface area contributed by atoms with Crippen LogP contribution in [-0.4, -0.2) is 28.9 Å². The third-order valence-corrected chi connectivity index (χ3v) is 3.31. The van der Waals surface area contributed by atoms with Crippen molar-refractivity contribution in [3.05, 3.63) is 53.7 Å². The van der Waals surface area contributed by atoms with Gasteiger partial charge in [-0.05, 0) is 18.2 Å². The molecule has 0 atom stereocenters. The first-order chi connectivity index (χ1) is 9.75. The predicted molar refractivity (Wildman–Crippen MR) is 75.3 cm³/mol. The molecule has 1 aromatic heterocycles. The molecule has 1 amide bonds. The third kappa shape index (κ3) is 2.30. The average Bonchev–Trinajstić information content (AvgIpc) is 2.69. The Hall–Kier alpha value is -2.56. The summed E-state index contributed by atoms with van der Waals surface area (Å²) in [6.45, 7) is 1.52. The van der Waals surface area contributed by atoms with Crippen LogP contribution in [-0.2, 0) is 6.54 Å². The Morgan fingerprint density at radius 3 is 2.95 bits per heavy atom. The number of benzene rings is 1. The Morgan fingerprint density at radius 2 is 2.10 bits per heavy atom. The molecule has 20 heavy (non-hydrogen) atoms. The highest BCUT2D eigenvalue weighted by molar-refractivity contribution is 5.98. The number of para-hydroxylation sites is 1. The lowest BCUT2D eigenvalue weighted by molar-refractivity contribution is 0.0734. The van der Waals surface area contributed by atoms with Crippen LogP contribution in [0.4, 0.5) is 5.82 Å². The number of nitrogens with zero attached hydrogens (tertiary/aromatic N) is 2. The van der Waals surface area contributed by atoms with Gasteiger partial charge in [-0.25, -0.2) is 4.98 Å². The van der Waals surface area contributed by atoms with Gasteiger partial charge in [-0.15, -0.1) is 0 Å². The number of nitrogens with two attached hydrogens (primary N) is 1. The average molecular weight is 269 g/mol. The van der Waals surface area contributed by atoms with E-state index in [2.05, 4.69) is 4.98 Å². The molecule has 0 saturated carbocycles. The lowest BCUT2D eigenvalue weighted by Crippen LogP contribution is -2.33. The first-order valence-electron chi connectivity index (χ1n) is 6.46. The molecule has 0 fully saturated rings. The molecule has 5 heteroatoms. The van der Waals surface area contributed by atoms with Crippen molar-refractivity contribution in [1.29, 1.82) is 0 Å². The van der Waals surface area contributed by atoms with Gasteiger partial charge in [0.1, 0.15) is 18.2 Å². The van der Waals surface area contributed by atoms with Crippen LogP contribution in [0, 0.1) is 0 Å². The van der Waals surface area contributed by atoms with Crippen molar-refractivity contribution >= 4 is 11.7 Å². The van der Waals surface area contributed by atoms with Gasteiger partial charge in [-0.3, -0.25) is 4.79 Å². The molecule has 1 aliphatic heterocycles. The Bertz CT molecular complexity index is 643. The van der Waals surface area contributed by atoms with Crippen LogP contribution in [0.2, 0.25) is 0 Å². The second-order valence-electron chi connectivity index (χ2n) is 4.62. The number of amides is 1. The molecule has 0 unspecified atom stereocenters. The van der Waals surface area contributed by atoms with E-state index in [9.17, 15) is 4.79 Å². The summed E-state index contributed by atoms with van der Waals surface area (Å²) in [5, 5.41) is 0. The number of fused-ring (bicyclic) bond motifs is 1. The molecule has 0 aliphatic carbocycles. The van der Waals surface area contributed by atoms with Crippen LogP contribution in [0.15, 0.2) is 42.6 Å². The van der Waals surface area contributed by atoms with Crippen LogP contribution in [0.1, 0.15) is 15.9 Å². The first-order valence-corrected chi connectivity index (χ1v) is 6.46. The molecule has 0 saturated heterocycles. The lowest BCUT2D eigenvalue weighted by Gasteiger charge is -2.20. The number of carbonyl (C=O) groups excluding carboxylic acids is 1. The van der Waals surface area contributed by atoms with E-state index < -0.39 is 0 Å². The lowest BCUT2D eigenvalue weighted by atomic mass is 10.1. The van der Waals surface area contributed by atoms with Crippen molar-refractivity contribution in [3.63, 3.8) is 0 Å². The maximum absolute atomic E-state index is 12.5. The minimum absolute atomic E-state index is 0.115. The summed E-state index contributed by atoms with van der Waals surface area (Å²) in [6.07, 6.45) is 1.58. The zero-order chi connectivity index (χ0) is 13.9. The largest absolute Gasteiger partial charge is 0.491 e. The number of rotatable bonds is 1. The van der Waals surface area contributed by atoms with Crippen molar-refractivity contribution in [3.8, 4) is 5.75 Å². The van der Waals surface area contributed by atoms with E-state index in [0.29, 0.717) is 25.3 Å². The third-order valence-electron chi connectivity index (χ3n) is 3.31. The highest BCUT2D eigenvalue weighted by Crippen LogP contribution is 2.23. The summed E-state index contributed by atoms with van der Waals surface area (Å²) in [5.41, 5.74) is 7.21. The second-order valence-corrected chi connectivity index (χ2v) is 4.62. The van der Waals surface area contributed by atoms with Gasteiger partial charge in [0.25, 0.3) is 5.91 Å². The van der Waals surface area contributed by atoms with E-state index >= 15 is 0 Å². The fraction of sp³-hybridized carbons (Fsp3) is 0.200. The number of hydrogen-bond acceptors (Lipinski definition) is 4. The molecule has 2 N–H and O–H groups in total. The maximum Gasteiger partial charge on any atom is 0.258 e. The summed E-state index contributed by atoms with van der Waals surface area (Å²) < 4.78 is 5.65. The van der Waals surface area contributed by atoms with Crippen molar-refractivity contribution in [2.45, 2.75) is 6.54 Å². The molecule has 3 rings (SSSR count). The van der Waals surface area contributed by atoms with E-state index in [1.807, 2.05) is 24.3 Å². The molecular weight excluding hydrogens is 254 g/mol. The van der Waals surface area contributed by atoms with Gasteiger partial charge in [0.15, 0.2) is 0 Å². The minimum Gasteiger partial charge on any atom is -0.491 e. The highest BCUT2D eigenvalue weighted by Gasteiger charge is 2.22. The second kappa shape index (κ2) is 5.21. The molecule has 102 valence electrons. The number of anilines is 1. The summed E-state index contributed by atoms with van der Waals surface area (Å²) in [6, 6.07) is 11.2. The zero-order valence-corrected chi connectivity index (χ0v) is 11.0. The van der Waals surface area contributed by atoms with Gasteiger partial charge >= 0.3 is 0 Å². The van der Waals surface area contributed by atoms with Gasteiger partial charge in [0, 0.05) is 18.3 Å². The number of pyridine rings is 1. The number of carbonyl (C=O) groups is 1. The van der Waals surface area contributed by atoms with Crippen LogP contribution in [0.5, 0.6) is 5.75 Å². The summed E-state index contributed by atoms with van der Waals surface area (Å²) in [7, 11) is 0. The van der Waals surface area contributed by atoms with Gasteiger partial charge < -0.3 is 15.4 Å². The fourth-order valence-electron chi connectivity index (χ4n) is 2.27. The Labute approximate surface area is 117 Å². The standard InChI is InChI=1S/C15H15N3O2/c16-14-12(5-3-7-17-14)15(19)18-8-9-20-13-6-2-1-4-11(13)10-18/h1-7H,8-10H2,(H2,16,17). The van der Waals surface area contributed by atoms with Gasteiger partial charge in [0.2, 0.25) is 0 Å². The highest BCUT2D eigenvalue weighted by atomic mass is 16.5. The number of nitrogen functional groups attached to an aromatic ring is 1. The molecule has 1 aliphatic rings. The van der Waals surface area contributed by atoms with Crippen LogP contribution < -0.4 is 10.5 Å². The molecule has 2 heterocycles. The van der Waals surface area contributed by atoms with E-state index in [-0.39, 0.29) is 11.7 Å². The monoisotopic (exact) mass is 269 g/mol. The van der Waals surface area contributed by atoms with E-state index in [1.165, 1.54) is 0 Å². The summed E-state index contributed by atoms with van der Waals surface area (Å²) >= 11 is 0. The molecular formula is C15H15N3O2. The number of ether oxygens (including phenoxy) is 1. The minimum atomic E-state index is -0.115. The fourth-order valence-corrected chi connectivity index (χ4v) is 2.27. The van der Waals surface area contributed by atoms with Crippen LogP contribution >= 0.6 is 0 Å². The smallest absolute Gasteiger partial charge is 0.258 e. The molecule has 0 bridgehead atoms. The van der Waals surface area contributed by atoms with E-state index in [4.69, 9.17) is 10.5 Å².